The highest BCUT2D eigenvalue weighted by Crippen LogP contribution is 2.28. The lowest BCUT2D eigenvalue weighted by molar-refractivity contribution is 0.431. The molecule has 0 saturated carbocycles. The SMILES string of the molecule is CCNC(c1ccncc1F)c1ccc(F)c(F)c1F. The maximum atomic E-state index is 13.9. The van der Waals surface area contributed by atoms with Gasteiger partial charge in [-0.2, -0.15) is 0 Å². The Kier molecular flexibility index (Phi) is 4.34. The monoisotopic (exact) mass is 284 g/mol. The lowest BCUT2D eigenvalue weighted by Gasteiger charge is -2.20. The Balaban J connectivity index is 2.55. The molecule has 0 fully saturated rings. The van der Waals surface area contributed by atoms with Gasteiger partial charge in [0.2, 0.25) is 0 Å². The molecule has 1 N–H and O–H groups in total. The number of pyridine rings is 1. The molecule has 0 aliphatic rings. The molecule has 106 valence electrons. The fraction of sp³-hybridized carbons (Fsp3) is 0.214. The molecular formula is C14H12F4N2. The predicted molar refractivity (Wildman–Crippen MR) is 66.0 cm³/mol. The quantitative estimate of drug-likeness (QED) is 0.688. The summed E-state index contributed by atoms with van der Waals surface area (Å²) < 4.78 is 53.9. The molecule has 0 radical (unpaired) electrons. The molecule has 0 saturated heterocycles. The first kappa shape index (κ1) is 14.5. The Labute approximate surface area is 113 Å². The first-order chi connectivity index (χ1) is 9.56. The van der Waals surface area contributed by atoms with Crippen LogP contribution in [0.15, 0.2) is 30.6 Å². The lowest BCUT2D eigenvalue weighted by Crippen LogP contribution is -2.24. The van der Waals surface area contributed by atoms with Gasteiger partial charge in [-0.3, -0.25) is 4.98 Å². The third-order valence-corrected chi connectivity index (χ3v) is 2.90. The maximum Gasteiger partial charge on any atom is 0.194 e. The van der Waals surface area contributed by atoms with Crippen molar-refractivity contribution in [3.63, 3.8) is 0 Å². The van der Waals surface area contributed by atoms with E-state index in [0.29, 0.717) is 6.54 Å². The van der Waals surface area contributed by atoms with Gasteiger partial charge in [-0.05, 0) is 18.7 Å². The van der Waals surface area contributed by atoms with Crippen LogP contribution < -0.4 is 5.32 Å². The van der Waals surface area contributed by atoms with E-state index < -0.39 is 29.3 Å². The minimum atomic E-state index is -1.57. The Hall–Kier alpha value is -1.95. The number of aromatic nitrogens is 1. The highest BCUT2D eigenvalue weighted by atomic mass is 19.2. The fourth-order valence-corrected chi connectivity index (χ4v) is 1.98. The summed E-state index contributed by atoms with van der Waals surface area (Å²) in [5, 5.41) is 2.85. The van der Waals surface area contributed by atoms with Crippen LogP contribution >= 0.6 is 0 Å². The van der Waals surface area contributed by atoms with Gasteiger partial charge < -0.3 is 5.32 Å². The van der Waals surface area contributed by atoms with Gasteiger partial charge in [0.1, 0.15) is 5.82 Å². The van der Waals surface area contributed by atoms with Crippen molar-refractivity contribution in [2.24, 2.45) is 0 Å². The minimum Gasteiger partial charge on any atom is -0.306 e. The smallest absolute Gasteiger partial charge is 0.194 e. The number of hydrogen-bond donors (Lipinski definition) is 1. The van der Waals surface area contributed by atoms with Crippen molar-refractivity contribution in [1.82, 2.24) is 10.3 Å². The molecule has 1 unspecified atom stereocenters. The van der Waals surface area contributed by atoms with E-state index in [4.69, 9.17) is 0 Å². The van der Waals surface area contributed by atoms with Crippen molar-refractivity contribution in [3.05, 3.63) is 65.0 Å². The molecule has 2 nitrogen and oxygen atoms in total. The summed E-state index contributed by atoms with van der Waals surface area (Å²) in [6.45, 7) is 2.13. The van der Waals surface area contributed by atoms with E-state index in [2.05, 4.69) is 10.3 Å². The zero-order chi connectivity index (χ0) is 14.7. The van der Waals surface area contributed by atoms with Crippen LogP contribution in [0.4, 0.5) is 17.6 Å². The van der Waals surface area contributed by atoms with Gasteiger partial charge in [0.05, 0.1) is 12.2 Å². The van der Waals surface area contributed by atoms with E-state index in [9.17, 15) is 17.6 Å². The highest BCUT2D eigenvalue weighted by Gasteiger charge is 2.23. The maximum absolute atomic E-state index is 13.9. The summed E-state index contributed by atoms with van der Waals surface area (Å²) in [4.78, 5) is 3.60. The van der Waals surface area contributed by atoms with Crippen molar-refractivity contribution in [3.8, 4) is 0 Å². The average Bonchev–Trinajstić information content (AvgIpc) is 2.44. The Morgan fingerprint density at radius 1 is 1.00 bits per heavy atom. The summed E-state index contributed by atoms with van der Waals surface area (Å²) in [5.41, 5.74) is -0.0393. The molecule has 20 heavy (non-hydrogen) atoms. The van der Waals surface area contributed by atoms with Crippen LogP contribution in [0.5, 0.6) is 0 Å². The first-order valence-electron chi connectivity index (χ1n) is 6.02. The molecule has 2 aromatic rings. The van der Waals surface area contributed by atoms with Crippen molar-refractivity contribution in [1.29, 1.82) is 0 Å². The standard InChI is InChI=1S/C14H12F4N2/c1-2-20-14(8-5-6-19-7-11(8)16)9-3-4-10(15)13(18)12(9)17/h3-7,14,20H,2H2,1H3. The Bertz CT molecular complexity index is 616. The van der Waals surface area contributed by atoms with Gasteiger partial charge in [0, 0.05) is 17.3 Å². The van der Waals surface area contributed by atoms with E-state index in [0.717, 1.165) is 18.3 Å². The van der Waals surface area contributed by atoms with Crippen LogP contribution in [0.2, 0.25) is 0 Å². The van der Waals surface area contributed by atoms with Crippen LogP contribution in [0.25, 0.3) is 0 Å². The fourth-order valence-electron chi connectivity index (χ4n) is 1.98. The van der Waals surface area contributed by atoms with Gasteiger partial charge in [-0.25, -0.2) is 17.6 Å². The number of nitrogens with one attached hydrogen (secondary N) is 1. The average molecular weight is 284 g/mol. The largest absolute Gasteiger partial charge is 0.306 e. The van der Waals surface area contributed by atoms with Crippen molar-refractivity contribution in [2.75, 3.05) is 6.54 Å². The second-order valence-electron chi connectivity index (χ2n) is 4.15. The number of rotatable bonds is 4. The number of hydrogen-bond acceptors (Lipinski definition) is 2. The molecule has 2 rings (SSSR count). The summed E-state index contributed by atoms with van der Waals surface area (Å²) in [5.74, 6) is -4.83. The molecule has 1 aromatic carbocycles. The van der Waals surface area contributed by atoms with E-state index in [1.807, 2.05) is 0 Å². The van der Waals surface area contributed by atoms with Crippen molar-refractivity contribution < 1.29 is 17.6 Å². The van der Waals surface area contributed by atoms with E-state index in [-0.39, 0.29) is 11.1 Å². The number of nitrogens with zero attached hydrogens (tertiary/aromatic N) is 1. The van der Waals surface area contributed by atoms with Gasteiger partial charge in [0.15, 0.2) is 17.5 Å². The molecule has 1 heterocycles. The summed E-state index contributed by atoms with van der Waals surface area (Å²) in [7, 11) is 0. The van der Waals surface area contributed by atoms with Gasteiger partial charge in [-0.15, -0.1) is 0 Å². The third kappa shape index (κ3) is 2.65. The van der Waals surface area contributed by atoms with Gasteiger partial charge in [-0.1, -0.05) is 13.0 Å². The van der Waals surface area contributed by atoms with Crippen molar-refractivity contribution >= 4 is 0 Å². The Morgan fingerprint density at radius 3 is 2.40 bits per heavy atom. The summed E-state index contributed by atoms with van der Waals surface area (Å²) >= 11 is 0. The molecule has 0 bridgehead atoms. The summed E-state index contributed by atoms with van der Waals surface area (Å²) in [6, 6.07) is 2.36. The number of benzene rings is 1. The molecule has 0 aliphatic carbocycles. The van der Waals surface area contributed by atoms with Gasteiger partial charge >= 0.3 is 0 Å². The molecule has 6 heteroatoms. The van der Waals surface area contributed by atoms with E-state index in [1.54, 1.807) is 6.92 Å². The van der Waals surface area contributed by atoms with Crippen LogP contribution in [-0.4, -0.2) is 11.5 Å². The predicted octanol–water partition coefficient (Wildman–Crippen LogP) is 3.34. The second-order valence-corrected chi connectivity index (χ2v) is 4.15. The molecule has 0 amide bonds. The molecule has 1 atom stereocenters. The topological polar surface area (TPSA) is 24.9 Å². The molecular weight excluding hydrogens is 272 g/mol. The van der Waals surface area contributed by atoms with Crippen LogP contribution in [0.1, 0.15) is 24.1 Å². The minimum absolute atomic E-state index is 0.117. The zero-order valence-electron chi connectivity index (χ0n) is 10.6. The molecule has 1 aromatic heterocycles. The van der Waals surface area contributed by atoms with E-state index >= 15 is 0 Å². The number of halogens is 4. The first-order valence-corrected chi connectivity index (χ1v) is 6.02. The van der Waals surface area contributed by atoms with Crippen LogP contribution in [0, 0.1) is 23.3 Å². The normalized spacial score (nSPS) is 12.4. The van der Waals surface area contributed by atoms with Gasteiger partial charge in [0.25, 0.3) is 0 Å². The van der Waals surface area contributed by atoms with Crippen molar-refractivity contribution in [2.45, 2.75) is 13.0 Å². The second kappa shape index (κ2) is 6.00. The lowest BCUT2D eigenvalue weighted by atomic mass is 9.98. The molecule has 0 spiro atoms. The summed E-state index contributed by atoms with van der Waals surface area (Å²) in [6.07, 6.45) is 2.33. The third-order valence-electron chi connectivity index (χ3n) is 2.90. The van der Waals surface area contributed by atoms with Crippen LogP contribution in [-0.2, 0) is 0 Å². The zero-order valence-corrected chi connectivity index (χ0v) is 10.6. The van der Waals surface area contributed by atoms with E-state index in [1.165, 1.54) is 12.3 Å². The Morgan fingerprint density at radius 2 is 1.75 bits per heavy atom. The molecule has 0 aliphatic heterocycles. The highest BCUT2D eigenvalue weighted by molar-refractivity contribution is 5.33. The van der Waals surface area contributed by atoms with Crippen LogP contribution in [0.3, 0.4) is 0 Å².